The van der Waals surface area contributed by atoms with E-state index < -0.39 is 0 Å². The maximum atomic E-state index is 9.90. The number of rotatable bonds is 1. The van der Waals surface area contributed by atoms with E-state index in [0.29, 0.717) is 5.92 Å². The standard InChI is InChI=1S/C4H8NOP/c6-3-4-1-5(7)2-4/h3-4H,1-2,7H2. The van der Waals surface area contributed by atoms with Crippen LogP contribution < -0.4 is 0 Å². The monoisotopic (exact) mass is 117 g/mol. The van der Waals surface area contributed by atoms with Crippen LogP contribution in [0, 0.1) is 5.92 Å². The van der Waals surface area contributed by atoms with Crippen LogP contribution in [-0.4, -0.2) is 24.0 Å². The number of aldehydes is 1. The zero-order valence-corrected chi connectivity index (χ0v) is 5.16. The molecule has 1 heterocycles. The molecule has 1 unspecified atom stereocenters. The SMILES string of the molecule is O=CC1CN(P)C1. The lowest BCUT2D eigenvalue weighted by molar-refractivity contribution is -0.113. The number of hydrogen-bond donors (Lipinski definition) is 0. The summed E-state index contributed by atoms with van der Waals surface area (Å²) < 4.78 is 2.04. The average Bonchev–Trinajstić information content (AvgIpc) is 1.58. The van der Waals surface area contributed by atoms with Gasteiger partial charge in [-0.2, -0.15) is 0 Å². The molecule has 1 atom stereocenters. The van der Waals surface area contributed by atoms with E-state index in [2.05, 4.69) is 9.39 Å². The molecule has 1 fully saturated rings. The van der Waals surface area contributed by atoms with Gasteiger partial charge in [0.25, 0.3) is 0 Å². The predicted molar refractivity (Wildman–Crippen MR) is 30.8 cm³/mol. The van der Waals surface area contributed by atoms with Crippen molar-refractivity contribution >= 4 is 15.7 Å². The molecule has 0 radical (unpaired) electrons. The molecule has 0 spiro atoms. The molecule has 0 amide bonds. The van der Waals surface area contributed by atoms with Crippen molar-refractivity contribution in [1.29, 1.82) is 0 Å². The van der Waals surface area contributed by atoms with Crippen LogP contribution in [0.2, 0.25) is 0 Å². The van der Waals surface area contributed by atoms with Gasteiger partial charge in [-0.1, -0.05) is 9.39 Å². The van der Waals surface area contributed by atoms with Crippen LogP contribution in [0.5, 0.6) is 0 Å². The van der Waals surface area contributed by atoms with Gasteiger partial charge in [0.05, 0.1) is 0 Å². The Kier molecular flexibility index (Phi) is 1.40. The molecule has 0 aromatic heterocycles. The highest BCUT2D eigenvalue weighted by Gasteiger charge is 2.21. The van der Waals surface area contributed by atoms with E-state index in [4.69, 9.17) is 0 Å². The molecule has 3 heteroatoms. The second-order valence-electron chi connectivity index (χ2n) is 1.85. The minimum atomic E-state index is 0.317. The van der Waals surface area contributed by atoms with E-state index in [9.17, 15) is 4.79 Å². The molecular formula is C4H8NOP. The third-order valence-electron chi connectivity index (χ3n) is 1.13. The van der Waals surface area contributed by atoms with E-state index >= 15 is 0 Å². The minimum absolute atomic E-state index is 0.317. The Balaban J connectivity index is 2.17. The van der Waals surface area contributed by atoms with Gasteiger partial charge in [0.2, 0.25) is 0 Å². The lowest BCUT2D eigenvalue weighted by Crippen LogP contribution is -2.40. The van der Waals surface area contributed by atoms with E-state index in [-0.39, 0.29) is 0 Å². The molecule has 0 aromatic rings. The van der Waals surface area contributed by atoms with Crippen molar-refractivity contribution in [3.63, 3.8) is 0 Å². The normalized spacial score (nSPS) is 24.1. The molecule has 0 bridgehead atoms. The van der Waals surface area contributed by atoms with Gasteiger partial charge in [0, 0.05) is 19.0 Å². The summed E-state index contributed by atoms with van der Waals surface area (Å²) in [6, 6.07) is 0. The Labute approximate surface area is 45.1 Å². The highest BCUT2D eigenvalue weighted by Crippen LogP contribution is 2.15. The van der Waals surface area contributed by atoms with Gasteiger partial charge in [-0.25, -0.2) is 0 Å². The molecule has 0 N–H and O–H groups in total. The van der Waals surface area contributed by atoms with Gasteiger partial charge in [0.15, 0.2) is 0 Å². The first kappa shape index (κ1) is 5.20. The van der Waals surface area contributed by atoms with Crippen molar-refractivity contribution in [2.45, 2.75) is 0 Å². The van der Waals surface area contributed by atoms with Crippen molar-refractivity contribution in [2.24, 2.45) is 5.92 Å². The maximum Gasteiger partial charge on any atom is 0.125 e. The topological polar surface area (TPSA) is 20.3 Å². The molecule has 2 nitrogen and oxygen atoms in total. The molecular weight excluding hydrogens is 109 g/mol. The molecule has 1 rings (SSSR count). The zero-order valence-electron chi connectivity index (χ0n) is 4.00. The summed E-state index contributed by atoms with van der Waals surface area (Å²) in [6.45, 7) is 1.85. The zero-order chi connectivity index (χ0) is 5.28. The summed E-state index contributed by atoms with van der Waals surface area (Å²) >= 11 is 0. The first-order valence-electron chi connectivity index (χ1n) is 2.28. The number of carbonyl (C=O) groups is 1. The molecule has 40 valence electrons. The summed E-state index contributed by atoms with van der Waals surface area (Å²) in [7, 11) is 2.55. The van der Waals surface area contributed by atoms with Crippen molar-refractivity contribution in [3.05, 3.63) is 0 Å². The Morgan fingerprint density at radius 2 is 2.29 bits per heavy atom. The Bertz CT molecular complexity index is 79.8. The Hall–Kier alpha value is 0.0600. The molecule has 1 saturated heterocycles. The van der Waals surface area contributed by atoms with Crippen LogP contribution in [0.15, 0.2) is 0 Å². The van der Waals surface area contributed by atoms with E-state index in [1.54, 1.807) is 0 Å². The van der Waals surface area contributed by atoms with Gasteiger partial charge < -0.3 is 4.79 Å². The third-order valence-corrected chi connectivity index (χ3v) is 1.55. The summed E-state index contributed by atoms with van der Waals surface area (Å²) in [5.74, 6) is 0.317. The van der Waals surface area contributed by atoms with Crippen LogP contribution in [0.25, 0.3) is 0 Å². The van der Waals surface area contributed by atoms with Gasteiger partial charge in [-0.15, -0.1) is 0 Å². The van der Waals surface area contributed by atoms with Crippen LogP contribution in [0.4, 0.5) is 0 Å². The van der Waals surface area contributed by atoms with Gasteiger partial charge in [0.1, 0.15) is 6.29 Å². The molecule has 1 aliphatic heterocycles. The van der Waals surface area contributed by atoms with E-state index in [1.165, 1.54) is 0 Å². The minimum Gasteiger partial charge on any atom is -0.303 e. The maximum absolute atomic E-state index is 9.90. The first-order chi connectivity index (χ1) is 3.33. The van der Waals surface area contributed by atoms with Gasteiger partial charge >= 0.3 is 0 Å². The summed E-state index contributed by atoms with van der Waals surface area (Å²) in [4.78, 5) is 9.90. The fourth-order valence-corrected chi connectivity index (χ4v) is 1.18. The first-order valence-corrected chi connectivity index (χ1v) is 2.79. The van der Waals surface area contributed by atoms with E-state index in [0.717, 1.165) is 19.4 Å². The Morgan fingerprint density at radius 1 is 1.71 bits per heavy atom. The fraction of sp³-hybridized carbons (Fsp3) is 0.750. The average molecular weight is 117 g/mol. The highest BCUT2D eigenvalue weighted by atomic mass is 31.0. The number of hydrogen-bond acceptors (Lipinski definition) is 2. The van der Waals surface area contributed by atoms with Gasteiger partial charge in [-0.3, -0.25) is 4.67 Å². The van der Waals surface area contributed by atoms with Crippen LogP contribution in [-0.2, 0) is 4.79 Å². The molecule has 0 aromatic carbocycles. The molecule has 0 aliphatic carbocycles. The van der Waals surface area contributed by atoms with Gasteiger partial charge in [-0.05, 0) is 0 Å². The van der Waals surface area contributed by atoms with Crippen LogP contribution >= 0.6 is 9.39 Å². The molecule has 1 aliphatic rings. The third kappa shape index (κ3) is 0.987. The molecule has 0 saturated carbocycles. The number of carbonyl (C=O) groups excluding carboxylic acids is 1. The van der Waals surface area contributed by atoms with Crippen molar-refractivity contribution < 1.29 is 4.79 Å². The second-order valence-corrected chi connectivity index (χ2v) is 2.58. The quantitative estimate of drug-likeness (QED) is 0.353. The smallest absolute Gasteiger partial charge is 0.125 e. The van der Waals surface area contributed by atoms with Crippen molar-refractivity contribution in [3.8, 4) is 0 Å². The van der Waals surface area contributed by atoms with Crippen LogP contribution in [0.1, 0.15) is 0 Å². The highest BCUT2D eigenvalue weighted by molar-refractivity contribution is 7.13. The van der Waals surface area contributed by atoms with Crippen molar-refractivity contribution in [1.82, 2.24) is 4.67 Å². The largest absolute Gasteiger partial charge is 0.303 e. The lowest BCUT2D eigenvalue weighted by Gasteiger charge is -2.31. The summed E-state index contributed by atoms with van der Waals surface area (Å²) in [5.41, 5.74) is 0. The molecule has 7 heavy (non-hydrogen) atoms. The lowest BCUT2D eigenvalue weighted by atomic mass is 10.1. The summed E-state index contributed by atoms with van der Waals surface area (Å²) in [5, 5.41) is 0. The fourth-order valence-electron chi connectivity index (χ4n) is 0.635. The number of nitrogens with zero attached hydrogens (tertiary/aromatic N) is 1. The second kappa shape index (κ2) is 1.89. The van der Waals surface area contributed by atoms with Crippen molar-refractivity contribution in [2.75, 3.05) is 13.1 Å². The van der Waals surface area contributed by atoms with E-state index in [1.807, 2.05) is 4.67 Å². The predicted octanol–water partition coefficient (Wildman–Crippen LogP) is -0.0928. The summed E-state index contributed by atoms with van der Waals surface area (Å²) in [6.07, 6.45) is 1.01. The Morgan fingerprint density at radius 3 is 2.43 bits per heavy atom. The van der Waals surface area contributed by atoms with Crippen LogP contribution in [0.3, 0.4) is 0 Å².